The molecule has 1 aliphatic carbocycles. The summed E-state index contributed by atoms with van der Waals surface area (Å²) in [6.07, 6.45) is 4.00. The average Bonchev–Trinajstić information content (AvgIpc) is 3.41. The van der Waals surface area contributed by atoms with Crippen LogP contribution < -0.4 is 0 Å². The van der Waals surface area contributed by atoms with Crippen LogP contribution in [0.1, 0.15) is 38.8 Å². The zero-order chi connectivity index (χ0) is 34.7. The van der Waals surface area contributed by atoms with Crippen LogP contribution in [0.25, 0.3) is 87.2 Å². The monoisotopic (exact) mass is 652 g/mol. The Balaban J connectivity index is 0.000000830. The largest absolute Gasteiger partial charge is 0.0919 e. The van der Waals surface area contributed by atoms with Gasteiger partial charge in [0.05, 0.1) is 0 Å². The zero-order valence-corrected chi connectivity index (χ0v) is 29.7. The molecule has 0 saturated heterocycles. The number of fused-ring (bicyclic) bond motifs is 11. The third-order valence-electron chi connectivity index (χ3n) is 11.2. The minimum atomic E-state index is -0.106. The van der Waals surface area contributed by atoms with Gasteiger partial charge in [-0.2, -0.15) is 0 Å². The topological polar surface area (TPSA) is 0 Å². The molecule has 10 rings (SSSR count). The van der Waals surface area contributed by atoms with E-state index in [-0.39, 0.29) is 5.41 Å². The number of allylic oxidation sites excluding steroid dienone is 2. The van der Waals surface area contributed by atoms with E-state index in [1.54, 1.807) is 0 Å². The predicted octanol–water partition coefficient (Wildman–Crippen LogP) is 14.7. The highest BCUT2D eigenvalue weighted by atomic mass is 14.4. The molecule has 0 atom stereocenters. The lowest BCUT2D eigenvalue weighted by atomic mass is 9.80. The number of benzene rings is 9. The predicted molar refractivity (Wildman–Crippen MR) is 223 cm³/mol. The van der Waals surface area contributed by atoms with Crippen molar-refractivity contribution in [3.05, 3.63) is 181 Å². The Hall–Kier alpha value is -5.98. The number of rotatable bonds is 2. The highest BCUT2D eigenvalue weighted by molar-refractivity contribution is 6.26. The summed E-state index contributed by atoms with van der Waals surface area (Å²) in [6, 6.07) is 58.8. The van der Waals surface area contributed by atoms with Crippen molar-refractivity contribution in [3.63, 3.8) is 0 Å². The molecule has 0 nitrogen and oxygen atoms in total. The van der Waals surface area contributed by atoms with Crippen molar-refractivity contribution in [2.24, 2.45) is 0 Å². The molecule has 9 aromatic rings. The van der Waals surface area contributed by atoms with Crippen molar-refractivity contribution < 1.29 is 0 Å². The standard InChI is InChI=1S/C47H32.C4H8/c1-47(2)43-25-24-30(46-37-22-12-10-20-35(37)45(29-14-4-3-5-15-29)36-21-11-13-23-38(36)46)26-41(43)42-27-39-33-18-8-6-16-31(33)32-17-7-9-19-34(32)40(39)28-44(42)47;1-3-4-2/h3-28H,1-2H3;3-4H,1-2H3/b;4-3-. The van der Waals surface area contributed by atoms with Crippen molar-refractivity contribution >= 4 is 53.9 Å². The fourth-order valence-corrected chi connectivity index (χ4v) is 8.66. The number of hydrogen-bond donors (Lipinski definition) is 0. The van der Waals surface area contributed by atoms with E-state index < -0.39 is 0 Å². The summed E-state index contributed by atoms with van der Waals surface area (Å²) in [7, 11) is 0. The van der Waals surface area contributed by atoms with E-state index in [1.807, 2.05) is 26.0 Å². The second-order valence-electron chi connectivity index (χ2n) is 14.3. The molecule has 0 fully saturated rings. The molecule has 0 N–H and O–H groups in total. The third-order valence-corrected chi connectivity index (χ3v) is 11.2. The van der Waals surface area contributed by atoms with Gasteiger partial charge in [0.15, 0.2) is 0 Å². The molecule has 0 aromatic heterocycles. The molecule has 0 radical (unpaired) electrons. The molecule has 0 saturated carbocycles. The maximum Gasteiger partial charge on any atom is 0.0159 e. The lowest BCUT2D eigenvalue weighted by Gasteiger charge is -2.23. The fourth-order valence-electron chi connectivity index (χ4n) is 8.66. The SMILES string of the molecule is C/C=C\C.CC1(C)c2ccc(-c3c4ccccc4c(-c4ccccc4)c4ccccc34)cc2-c2cc3c4ccccc4c4ccccc4c3cc21. The zero-order valence-electron chi connectivity index (χ0n) is 29.7. The van der Waals surface area contributed by atoms with Gasteiger partial charge in [-0.3, -0.25) is 0 Å². The lowest BCUT2D eigenvalue weighted by Crippen LogP contribution is -2.14. The van der Waals surface area contributed by atoms with Crippen LogP contribution in [0.4, 0.5) is 0 Å². The van der Waals surface area contributed by atoms with E-state index in [0.29, 0.717) is 0 Å². The van der Waals surface area contributed by atoms with Gasteiger partial charge in [0.2, 0.25) is 0 Å². The molecule has 0 heterocycles. The van der Waals surface area contributed by atoms with Crippen LogP contribution in [0.2, 0.25) is 0 Å². The molecule has 0 bridgehead atoms. The third kappa shape index (κ3) is 4.74. The van der Waals surface area contributed by atoms with Gasteiger partial charge in [0, 0.05) is 5.41 Å². The van der Waals surface area contributed by atoms with Gasteiger partial charge in [0.1, 0.15) is 0 Å². The van der Waals surface area contributed by atoms with Gasteiger partial charge >= 0.3 is 0 Å². The molecule has 0 amide bonds. The Labute approximate surface area is 300 Å². The number of hydrogen-bond acceptors (Lipinski definition) is 0. The molecule has 0 spiro atoms. The summed E-state index contributed by atoms with van der Waals surface area (Å²) in [4.78, 5) is 0. The molecule has 9 aromatic carbocycles. The van der Waals surface area contributed by atoms with Crippen molar-refractivity contribution in [1.29, 1.82) is 0 Å². The van der Waals surface area contributed by atoms with Crippen molar-refractivity contribution in [1.82, 2.24) is 0 Å². The molecule has 0 heteroatoms. The molecule has 0 unspecified atom stereocenters. The Morgan fingerprint density at radius 3 is 1.22 bits per heavy atom. The maximum atomic E-state index is 2.50. The Morgan fingerprint density at radius 1 is 0.333 bits per heavy atom. The van der Waals surface area contributed by atoms with Crippen LogP contribution in [0.3, 0.4) is 0 Å². The second-order valence-corrected chi connectivity index (χ2v) is 14.3. The normalized spacial score (nSPS) is 13.2. The van der Waals surface area contributed by atoms with Gasteiger partial charge in [-0.15, -0.1) is 0 Å². The van der Waals surface area contributed by atoms with Crippen molar-refractivity contribution in [3.8, 4) is 33.4 Å². The van der Waals surface area contributed by atoms with Crippen molar-refractivity contribution in [2.75, 3.05) is 0 Å². The van der Waals surface area contributed by atoms with Crippen LogP contribution in [0.5, 0.6) is 0 Å². The molecule has 244 valence electrons. The highest BCUT2D eigenvalue weighted by Gasteiger charge is 2.36. The summed E-state index contributed by atoms with van der Waals surface area (Å²) in [5.74, 6) is 0. The van der Waals surface area contributed by atoms with E-state index in [4.69, 9.17) is 0 Å². The Morgan fingerprint density at radius 2 is 0.725 bits per heavy atom. The van der Waals surface area contributed by atoms with Crippen LogP contribution >= 0.6 is 0 Å². The quantitative estimate of drug-likeness (QED) is 0.0990. The van der Waals surface area contributed by atoms with Gasteiger partial charge < -0.3 is 0 Å². The average molecular weight is 653 g/mol. The van der Waals surface area contributed by atoms with E-state index in [1.165, 1.54) is 98.4 Å². The van der Waals surface area contributed by atoms with E-state index in [0.717, 1.165) is 0 Å². The Kier molecular flexibility index (Phi) is 7.37. The van der Waals surface area contributed by atoms with E-state index in [9.17, 15) is 0 Å². The minimum absolute atomic E-state index is 0.106. The first-order valence-corrected chi connectivity index (χ1v) is 18.1. The van der Waals surface area contributed by atoms with Gasteiger partial charge in [0.25, 0.3) is 0 Å². The van der Waals surface area contributed by atoms with E-state index >= 15 is 0 Å². The van der Waals surface area contributed by atoms with Gasteiger partial charge in [-0.25, -0.2) is 0 Å². The van der Waals surface area contributed by atoms with E-state index in [2.05, 4.69) is 172 Å². The van der Waals surface area contributed by atoms with Crippen LogP contribution in [-0.2, 0) is 5.41 Å². The summed E-state index contributed by atoms with van der Waals surface area (Å²) >= 11 is 0. The first-order valence-electron chi connectivity index (χ1n) is 18.1. The molecule has 1 aliphatic rings. The van der Waals surface area contributed by atoms with Gasteiger partial charge in [-0.05, 0) is 130 Å². The summed E-state index contributed by atoms with van der Waals surface area (Å²) in [6.45, 7) is 8.79. The molecular weight excluding hydrogens is 613 g/mol. The maximum absolute atomic E-state index is 2.50. The minimum Gasteiger partial charge on any atom is -0.0919 e. The molecule has 0 aliphatic heterocycles. The van der Waals surface area contributed by atoms with Crippen LogP contribution in [0.15, 0.2) is 170 Å². The Bertz CT molecular complexity index is 2770. The first kappa shape index (κ1) is 31.0. The highest BCUT2D eigenvalue weighted by Crippen LogP contribution is 2.53. The van der Waals surface area contributed by atoms with Crippen molar-refractivity contribution in [2.45, 2.75) is 33.1 Å². The van der Waals surface area contributed by atoms with Crippen LogP contribution in [0, 0.1) is 0 Å². The summed E-state index contributed by atoms with van der Waals surface area (Å²) in [5.41, 5.74) is 10.5. The van der Waals surface area contributed by atoms with Crippen LogP contribution in [-0.4, -0.2) is 0 Å². The summed E-state index contributed by atoms with van der Waals surface area (Å²) < 4.78 is 0. The summed E-state index contributed by atoms with van der Waals surface area (Å²) in [5, 5.41) is 13.1. The first-order chi connectivity index (χ1) is 25.0. The fraction of sp³-hybridized carbons (Fsp3) is 0.0980. The lowest BCUT2D eigenvalue weighted by molar-refractivity contribution is 0.661. The second kappa shape index (κ2) is 12.1. The molecular formula is C51H40. The molecule has 51 heavy (non-hydrogen) atoms. The van der Waals surface area contributed by atoms with Gasteiger partial charge in [-0.1, -0.05) is 166 Å². The smallest absolute Gasteiger partial charge is 0.0159 e.